The van der Waals surface area contributed by atoms with E-state index < -0.39 is 18.1 Å². The number of nitrogens with zero attached hydrogens (tertiary/aromatic N) is 4. The fourth-order valence-corrected chi connectivity index (χ4v) is 9.78. The maximum atomic E-state index is 9.24. The van der Waals surface area contributed by atoms with Crippen LogP contribution in [0.5, 0.6) is 11.5 Å². The summed E-state index contributed by atoms with van der Waals surface area (Å²) in [6.07, 6.45) is 6.54. The second-order valence-electron chi connectivity index (χ2n) is 22.0. The number of fused-ring (bicyclic) bond motifs is 4. The monoisotopic (exact) mass is 1140 g/mol. The zero-order valence-electron chi connectivity index (χ0n) is 47.7. The Bertz CT molecular complexity index is 4060. The topological polar surface area (TPSA) is 35.9 Å². The van der Waals surface area contributed by atoms with Gasteiger partial charge in [-0.05, 0) is 90.4 Å². The molecule has 0 unspecified atom stereocenters. The Hall–Kier alpha value is -7.33. The van der Waals surface area contributed by atoms with E-state index in [1.807, 2.05) is 88.1 Å². The number of hydrogen-bond donors (Lipinski definition) is 0. The van der Waals surface area contributed by atoms with Crippen molar-refractivity contribution in [1.82, 2.24) is 14.1 Å². The number of imidazole rings is 1. The van der Waals surface area contributed by atoms with Gasteiger partial charge in [0, 0.05) is 49.8 Å². The first-order chi connectivity index (χ1) is 36.6. The van der Waals surface area contributed by atoms with Gasteiger partial charge in [0.2, 0.25) is 0 Å². The SMILES string of the molecule is [2H]c1c([2H])c([2H])c(-c2cccc(-c3cc(C(C)(C)C)cc(C(C)(C)C)c3)c2-[n+]2[c-]n(-c3[c-]c(Oc4[c-]c5c(cc4)c4ccccc4n5-c4cc(CC(C)(C)C)c(-c5ccccc5)cn4)ccc3)c3ccccc32)c([2H])c1[2H].[Pt]. The third kappa shape index (κ3) is 9.72. The fraction of sp³-hybridized carbons (Fsp3) is 0.194. The van der Waals surface area contributed by atoms with Gasteiger partial charge in [0.15, 0.2) is 0 Å². The number of rotatable bonds is 9. The Kier molecular flexibility index (Phi) is 11.4. The van der Waals surface area contributed by atoms with Crippen LogP contribution in [0.1, 0.15) is 85.9 Å². The van der Waals surface area contributed by atoms with Gasteiger partial charge >= 0.3 is 0 Å². The van der Waals surface area contributed by atoms with Crippen molar-refractivity contribution in [2.24, 2.45) is 5.41 Å². The minimum Gasteiger partial charge on any atom is -0.510 e. The first-order valence-electron chi connectivity index (χ1n) is 27.2. The molecule has 8 aromatic carbocycles. The average molecular weight is 1140 g/mol. The largest absolute Gasteiger partial charge is 0.510 e. The summed E-state index contributed by atoms with van der Waals surface area (Å²) in [6.45, 7) is 20.0. The van der Waals surface area contributed by atoms with Gasteiger partial charge in [0.1, 0.15) is 5.82 Å². The Morgan fingerprint density at radius 2 is 1.22 bits per heavy atom. The van der Waals surface area contributed by atoms with Crippen LogP contribution < -0.4 is 9.30 Å². The molecule has 0 atom stereocenters. The molecule has 0 aliphatic rings. The molecule has 366 valence electrons. The van der Waals surface area contributed by atoms with Crippen molar-refractivity contribution < 1.29 is 37.2 Å². The van der Waals surface area contributed by atoms with Gasteiger partial charge < -0.3 is 13.9 Å². The maximum Gasteiger partial charge on any atom is 0.268 e. The summed E-state index contributed by atoms with van der Waals surface area (Å²) in [4.78, 5) is 5.13. The summed E-state index contributed by atoms with van der Waals surface area (Å²) in [6, 6.07) is 56.7. The summed E-state index contributed by atoms with van der Waals surface area (Å²) in [5.41, 5.74) is 12.4. The molecule has 0 N–H and O–H groups in total. The molecule has 0 radical (unpaired) electrons. The van der Waals surface area contributed by atoms with Crippen LogP contribution in [0, 0.1) is 23.9 Å². The van der Waals surface area contributed by atoms with Crippen LogP contribution in [0.4, 0.5) is 0 Å². The average Bonchev–Trinajstić information content (AvgIpc) is 4.06. The zero-order valence-corrected chi connectivity index (χ0v) is 45.0. The van der Waals surface area contributed by atoms with E-state index in [-0.39, 0.29) is 55.0 Å². The van der Waals surface area contributed by atoms with Gasteiger partial charge in [0.05, 0.1) is 23.6 Å². The Labute approximate surface area is 452 Å². The summed E-state index contributed by atoms with van der Waals surface area (Å²) in [5, 5.41) is 2.11. The van der Waals surface area contributed by atoms with E-state index in [1.54, 1.807) is 0 Å². The minimum absolute atomic E-state index is 0. The Morgan fingerprint density at radius 1 is 0.575 bits per heavy atom. The van der Waals surface area contributed by atoms with E-state index in [1.165, 1.54) is 5.56 Å². The summed E-state index contributed by atoms with van der Waals surface area (Å²) < 4.78 is 57.3. The second kappa shape index (κ2) is 19.3. The van der Waals surface area contributed by atoms with Crippen molar-refractivity contribution in [1.29, 1.82) is 0 Å². The van der Waals surface area contributed by atoms with Crippen molar-refractivity contribution in [3.63, 3.8) is 0 Å². The predicted octanol–water partition coefficient (Wildman–Crippen LogP) is 16.8. The fourth-order valence-electron chi connectivity index (χ4n) is 9.78. The number of ether oxygens (including phenoxy) is 1. The maximum absolute atomic E-state index is 9.24. The molecular weight excluding hydrogens is 1070 g/mol. The minimum atomic E-state index is -0.446. The molecule has 6 heteroatoms. The van der Waals surface area contributed by atoms with Gasteiger partial charge in [-0.2, -0.15) is 18.2 Å². The molecule has 0 saturated heterocycles. The van der Waals surface area contributed by atoms with Crippen LogP contribution in [0.3, 0.4) is 0 Å². The van der Waals surface area contributed by atoms with Crippen LogP contribution in [-0.4, -0.2) is 14.1 Å². The van der Waals surface area contributed by atoms with Crippen molar-refractivity contribution in [2.45, 2.75) is 79.6 Å². The number of benzene rings is 8. The molecule has 0 fully saturated rings. The van der Waals surface area contributed by atoms with E-state index in [0.29, 0.717) is 28.4 Å². The van der Waals surface area contributed by atoms with Crippen LogP contribution >= 0.6 is 0 Å². The number of pyridine rings is 1. The van der Waals surface area contributed by atoms with E-state index in [9.17, 15) is 2.74 Å². The molecule has 3 heterocycles. The molecule has 3 aromatic heterocycles. The van der Waals surface area contributed by atoms with Gasteiger partial charge in [-0.25, -0.2) is 4.98 Å². The molecular formula is C67H60N4OPt-2. The summed E-state index contributed by atoms with van der Waals surface area (Å²) >= 11 is 0. The second-order valence-corrected chi connectivity index (χ2v) is 22.0. The van der Waals surface area contributed by atoms with Crippen LogP contribution in [0.2, 0.25) is 0 Å². The summed E-state index contributed by atoms with van der Waals surface area (Å²) in [7, 11) is 0. The van der Waals surface area contributed by atoms with Crippen LogP contribution in [0.15, 0.2) is 188 Å². The van der Waals surface area contributed by atoms with Gasteiger partial charge in [-0.15, -0.1) is 29.7 Å². The van der Waals surface area contributed by atoms with Crippen molar-refractivity contribution >= 4 is 32.8 Å². The van der Waals surface area contributed by atoms with Gasteiger partial charge in [-0.1, -0.05) is 207 Å². The van der Waals surface area contributed by atoms with E-state index in [0.717, 1.165) is 78.5 Å². The van der Waals surface area contributed by atoms with E-state index in [4.69, 9.17) is 13.8 Å². The van der Waals surface area contributed by atoms with Crippen LogP contribution in [-0.2, 0) is 38.3 Å². The van der Waals surface area contributed by atoms with Crippen LogP contribution in [0.25, 0.3) is 83.4 Å². The van der Waals surface area contributed by atoms with Crippen molar-refractivity contribution in [3.8, 4) is 62.1 Å². The Morgan fingerprint density at radius 3 is 1.93 bits per heavy atom. The van der Waals surface area contributed by atoms with Gasteiger partial charge in [0.25, 0.3) is 6.33 Å². The van der Waals surface area contributed by atoms with Crippen molar-refractivity contribution in [2.75, 3.05) is 0 Å². The molecule has 0 spiro atoms. The summed E-state index contributed by atoms with van der Waals surface area (Å²) in [5.74, 6) is 1.77. The number of para-hydroxylation sites is 4. The molecule has 0 saturated carbocycles. The first kappa shape index (κ1) is 43.3. The number of aromatic nitrogens is 4. The third-order valence-electron chi connectivity index (χ3n) is 13.3. The van der Waals surface area contributed by atoms with E-state index >= 15 is 0 Å². The molecule has 0 aliphatic carbocycles. The van der Waals surface area contributed by atoms with Crippen molar-refractivity contribution in [3.05, 3.63) is 223 Å². The third-order valence-corrected chi connectivity index (χ3v) is 13.3. The molecule has 0 aliphatic heterocycles. The molecule has 11 aromatic rings. The first-order valence-corrected chi connectivity index (χ1v) is 24.7. The molecule has 0 bridgehead atoms. The predicted molar refractivity (Wildman–Crippen MR) is 297 cm³/mol. The molecule has 11 rings (SSSR count). The quantitative estimate of drug-likeness (QED) is 0.107. The standard InChI is InChI=1S/C67H60N4O.Pt/c1-65(2,3)42-48-38-63(68-43-58(48)46-24-14-11-15-25-46)71-59-31-17-16-28-56(59)57-35-34-53(41-62(57)71)72-52-27-20-26-51(40-52)69-44-70(61-33-19-18-32-60(61)69)64-54(45-22-12-10-13-23-45)29-21-30-55(64)47-36-49(66(4,5)6)39-50(37-47)67(7,8)9;/h10-39,43H,42H2,1-9H3;/q-2;/i10D,12D,13D,22D,23D;. The Balaban J connectivity index is 0.00000688. The normalized spacial score (nSPS) is 13.1. The van der Waals surface area contributed by atoms with E-state index in [2.05, 4.69) is 164 Å². The smallest absolute Gasteiger partial charge is 0.268 e. The van der Waals surface area contributed by atoms with Gasteiger partial charge in [-0.3, -0.25) is 4.57 Å². The molecule has 5 nitrogen and oxygen atoms in total. The zero-order chi connectivity index (χ0) is 54.3. The molecule has 0 amide bonds. The number of hydrogen-bond acceptors (Lipinski definition) is 2. The molecule has 73 heavy (non-hydrogen) atoms.